The van der Waals surface area contributed by atoms with E-state index in [2.05, 4.69) is 53.1 Å². The van der Waals surface area contributed by atoms with Gasteiger partial charge in [0, 0.05) is 54.8 Å². The number of hydrogen-bond acceptors (Lipinski definition) is 10. The molecule has 3 aromatic rings. The van der Waals surface area contributed by atoms with Crippen LogP contribution >= 0.6 is 0 Å². The van der Waals surface area contributed by atoms with Gasteiger partial charge in [0.15, 0.2) is 0 Å². The first-order valence-electron chi connectivity index (χ1n) is 14.9. The van der Waals surface area contributed by atoms with Crippen LogP contribution in [0.1, 0.15) is 52.5 Å². The Labute approximate surface area is 253 Å². The van der Waals surface area contributed by atoms with Crippen molar-refractivity contribution in [3.05, 3.63) is 42.2 Å². The molecule has 2 aromatic heterocycles. The first-order valence-corrected chi connectivity index (χ1v) is 16.9. The SMILES string of the molecule is CC(C)c1ccc(N2C[C@H](CS(C)(=O)=O)[C@H]2C)c2cnc(Nc3ccnc(N4CC[C@H](OCC(C)(C)O)[C@H](F)C4)n3)cc12. The second-order valence-electron chi connectivity index (χ2n) is 13.0. The molecule has 0 bridgehead atoms. The van der Waals surface area contributed by atoms with Gasteiger partial charge in [0.1, 0.15) is 27.6 Å². The number of rotatable bonds is 10. The number of piperidine rings is 1. The van der Waals surface area contributed by atoms with Crippen LogP contribution in [0.4, 0.5) is 27.7 Å². The van der Waals surface area contributed by atoms with Gasteiger partial charge in [0.05, 0.1) is 30.6 Å². The van der Waals surface area contributed by atoms with Crippen LogP contribution in [0.3, 0.4) is 0 Å². The van der Waals surface area contributed by atoms with Crippen molar-refractivity contribution in [3.63, 3.8) is 0 Å². The van der Waals surface area contributed by atoms with Crippen LogP contribution in [0, 0.1) is 5.92 Å². The predicted octanol–water partition coefficient (Wildman–Crippen LogP) is 4.47. The number of fused-ring (bicyclic) bond motifs is 1. The minimum atomic E-state index is -3.03. The Hall–Kier alpha value is -3.09. The third-order valence-corrected chi connectivity index (χ3v) is 9.31. The molecule has 1 aromatic carbocycles. The quantitative estimate of drug-likeness (QED) is 0.339. The Balaban J connectivity index is 1.33. The lowest BCUT2D eigenvalue weighted by Crippen LogP contribution is -2.57. The molecule has 10 nitrogen and oxygen atoms in total. The lowest BCUT2D eigenvalue weighted by molar-refractivity contribution is -0.0806. The molecule has 0 unspecified atom stereocenters. The molecule has 0 radical (unpaired) electrons. The molecule has 2 aliphatic rings. The predicted molar refractivity (Wildman–Crippen MR) is 169 cm³/mol. The highest BCUT2D eigenvalue weighted by atomic mass is 32.2. The van der Waals surface area contributed by atoms with Crippen molar-refractivity contribution < 1.29 is 22.7 Å². The number of aliphatic hydroxyl groups is 1. The summed E-state index contributed by atoms with van der Waals surface area (Å²) in [5, 5.41) is 15.3. The minimum absolute atomic E-state index is 0.0769. The van der Waals surface area contributed by atoms with E-state index in [1.807, 2.05) is 17.2 Å². The zero-order valence-electron chi connectivity index (χ0n) is 25.8. The van der Waals surface area contributed by atoms with Crippen molar-refractivity contribution in [1.82, 2.24) is 15.0 Å². The fraction of sp³-hybridized carbons (Fsp3) is 0.581. The van der Waals surface area contributed by atoms with Gasteiger partial charge in [-0.05, 0) is 62.3 Å². The molecule has 0 aliphatic carbocycles. The molecule has 2 N–H and O–H groups in total. The fourth-order valence-electron chi connectivity index (χ4n) is 5.92. The lowest BCUT2D eigenvalue weighted by Gasteiger charge is -2.48. The third-order valence-electron chi connectivity index (χ3n) is 8.28. The number of aromatic nitrogens is 3. The summed E-state index contributed by atoms with van der Waals surface area (Å²) in [6, 6.07) is 8.16. The monoisotopic (exact) mass is 614 g/mol. The highest BCUT2D eigenvalue weighted by Gasteiger charge is 2.38. The van der Waals surface area contributed by atoms with Gasteiger partial charge >= 0.3 is 0 Å². The van der Waals surface area contributed by atoms with Gasteiger partial charge < -0.3 is 25.0 Å². The molecular weight excluding hydrogens is 571 g/mol. The van der Waals surface area contributed by atoms with E-state index in [1.165, 1.54) is 11.8 Å². The maximum atomic E-state index is 14.9. The number of ether oxygens (including phenoxy) is 1. The lowest BCUT2D eigenvalue weighted by atomic mass is 9.88. The summed E-state index contributed by atoms with van der Waals surface area (Å²) >= 11 is 0. The van der Waals surface area contributed by atoms with Crippen LogP contribution in [-0.4, -0.2) is 90.6 Å². The van der Waals surface area contributed by atoms with Crippen LogP contribution in [0.2, 0.25) is 0 Å². The van der Waals surface area contributed by atoms with Gasteiger partial charge in [0.2, 0.25) is 5.95 Å². The molecule has 12 heteroatoms. The van der Waals surface area contributed by atoms with Crippen molar-refractivity contribution >= 4 is 43.9 Å². The first kappa shape index (κ1) is 31.3. The summed E-state index contributed by atoms with van der Waals surface area (Å²) in [6.07, 6.45) is 3.48. The van der Waals surface area contributed by atoms with E-state index in [1.54, 1.807) is 26.1 Å². The van der Waals surface area contributed by atoms with E-state index in [9.17, 15) is 17.9 Å². The van der Waals surface area contributed by atoms with E-state index in [-0.39, 0.29) is 36.8 Å². The number of nitrogens with zero attached hydrogens (tertiary/aromatic N) is 5. The summed E-state index contributed by atoms with van der Waals surface area (Å²) in [4.78, 5) is 17.8. The zero-order valence-corrected chi connectivity index (χ0v) is 26.6. The molecular formula is C31H43FN6O4S. The van der Waals surface area contributed by atoms with Gasteiger partial charge in [-0.1, -0.05) is 19.9 Å². The maximum Gasteiger partial charge on any atom is 0.227 e. The Morgan fingerprint density at radius 3 is 2.58 bits per heavy atom. The molecule has 0 spiro atoms. The van der Waals surface area contributed by atoms with Gasteiger partial charge in [-0.25, -0.2) is 22.8 Å². The van der Waals surface area contributed by atoms with E-state index in [0.717, 1.165) is 16.5 Å². The number of nitrogens with one attached hydrogen (secondary N) is 1. The zero-order chi connectivity index (χ0) is 31.1. The largest absolute Gasteiger partial charge is 0.388 e. The number of halogens is 1. The molecule has 234 valence electrons. The van der Waals surface area contributed by atoms with Crippen molar-refractivity contribution in [2.45, 2.75) is 70.9 Å². The smallest absolute Gasteiger partial charge is 0.227 e. The standard InChI is InChI=1S/C31H43FN6O4S/c1-19(2)22-7-8-26(38-15-21(20(38)3)17-43(6,40)41)24-14-34-29(13-23(22)24)35-28-9-11-33-30(36-28)37-12-10-27(25(32)16-37)42-18-31(4,5)39/h7-9,11,13-14,19-21,25,27,39H,10,12,15-18H2,1-6H3,(H,33,34,35,36)/t20-,21-,25-,27+/m1/s1. The van der Waals surface area contributed by atoms with Gasteiger partial charge in [-0.3, -0.25) is 0 Å². The van der Waals surface area contributed by atoms with Crippen molar-refractivity contribution in [3.8, 4) is 0 Å². The van der Waals surface area contributed by atoms with Crippen LogP contribution in [0.5, 0.6) is 0 Å². The number of pyridine rings is 1. The highest BCUT2D eigenvalue weighted by molar-refractivity contribution is 7.90. The number of benzene rings is 1. The molecule has 2 fully saturated rings. The maximum absolute atomic E-state index is 14.9. The van der Waals surface area contributed by atoms with Crippen LogP contribution in [0.25, 0.3) is 10.8 Å². The third kappa shape index (κ3) is 7.35. The summed E-state index contributed by atoms with van der Waals surface area (Å²) in [7, 11) is -3.03. The van der Waals surface area contributed by atoms with Gasteiger partial charge in [0.25, 0.3) is 0 Å². The molecule has 0 saturated carbocycles. The topological polar surface area (TPSA) is 121 Å². The average molecular weight is 615 g/mol. The van der Waals surface area contributed by atoms with E-state index >= 15 is 0 Å². The summed E-state index contributed by atoms with van der Waals surface area (Å²) in [5.74, 6) is 2.19. The number of sulfone groups is 1. The van der Waals surface area contributed by atoms with Crippen LogP contribution in [-0.2, 0) is 14.6 Å². The summed E-state index contributed by atoms with van der Waals surface area (Å²) in [6.45, 7) is 11.1. The molecule has 43 heavy (non-hydrogen) atoms. The minimum Gasteiger partial charge on any atom is -0.388 e. The molecule has 2 saturated heterocycles. The molecule has 5 rings (SSSR count). The summed E-state index contributed by atoms with van der Waals surface area (Å²) in [5.41, 5.74) is 1.23. The summed E-state index contributed by atoms with van der Waals surface area (Å²) < 4.78 is 44.3. The van der Waals surface area contributed by atoms with E-state index < -0.39 is 27.7 Å². The average Bonchev–Trinajstić information content (AvgIpc) is 2.92. The Bertz CT molecular complexity index is 1560. The highest BCUT2D eigenvalue weighted by Crippen LogP contribution is 2.39. The number of alkyl halides is 1. The Kier molecular flexibility index (Phi) is 8.84. The molecule has 0 amide bonds. The Morgan fingerprint density at radius 2 is 1.93 bits per heavy atom. The van der Waals surface area contributed by atoms with Crippen LogP contribution < -0.4 is 15.1 Å². The normalized spacial score (nSPS) is 23.1. The van der Waals surface area contributed by atoms with E-state index in [4.69, 9.17) is 9.72 Å². The number of hydrogen-bond donors (Lipinski definition) is 2. The van der Waals surface area contributed by atoms with Crippen molar-refractivity contribution in [2.75, 3.05) is 53.4 Å². The van der Waals surface area contributed by atoms with Crippen molar-refractivity contribution in [1.29, 1.82) is 0 Å². The van der Waals surface area contributed by atoms with Gasteiger partial charge in [-0.2, -0.15) is 4.98 Å². The Morgan fingerprint density at radius 1 is 1.16 bits per heavy atom. The second kappa shape index (κ2) is 12.1. The molecule has 4 heterocycles. The van der Waals surface area contributed by atoms with Crippen LogP contribution in [0.15, 0.2) is 36.7 Å². The van der Waals surface area contributed by atoms with E-state index in [0.29, 0.717) is 37.1 Å². The van der Waals surface area contributed by atoms with Gasteiger partial charge in [-0.15, -0.1) is 0 Å². The molecule has 2 aliphatic heterocycles. The van der Waals surface area contributed by atoms with Crippen molar-refractivity contribution in [2.24, 2.45) is 5.92 Å². The molecule has 4 atom stereocenters. The number of anilines is 4. The second-order valence-corrected chi connectivity index (χ2v) is 15.2. The first-order chi connectivity index (χ1) is 20.2. The fourth-order valence-corrected chi connectivity index (χ4v) is 7.08.